The normalized spacial score (nSPS) is 15.9. The summed E-state index contributed by atoms with van der Waals surface area (Å²) in [4.78, 5) is 25.2. The molecule has 1 fully saturated rings. The zero-order valence-corrected chi connectivity index (χ0v) is 19.6. The van der Waals surface area contributed by atoms with Crippen molar-refractivity contribution in [3.8, 4) is 16.3 Å². The Labute approximate surface area is 198 Å². The molecule has 11 heteroatoms. The summed E-state index contributed by atoms with van der Waals surface area (Å²) in [6.07, 6.45) is -0.748. The number of nitrogens with zero attached hydrogens (tertiary/aromatic N) is 3. The van der Waals surface area contributed by atoms with E-state index in [0.717, 1.165) is 27.8 Å². The monoisotopic (exact) mass is 492 g/mol. The molecule has 2 aromatic heterocycles. The number of aromatic nitrogens is 3. The minimum absolute atomic E-state index is 0.0761. The lowest BCUT2D eigenvalue weighted by Crippen LogP contribution is -2.44. The van der Waals surface area contributed by atoms with Crippen LogP contribution in [0.2, 0.25) is 0 Å². The Morgan fingerprint density at radius 1 is 1.21 bits per heavy atom. The topological polar surface area (TPSA) is 86.2 Å². The van der Waals surface area contributed by atoms with Crippen molar-refractivity contribution in [3.05, 3.63) is 58.6 Å². The van der Waals surface area contributed by atoms with E-state index in [0.29, 0.717) is 36.7 Å². The van der Waals surface area contributed by atoms with Crippen LogP contribution in [0, 0.1) is 12.3 Å². The first-order chi connectivity index (χ1) is 16.0. The number of hydrogen-bond acceptors (Lipinski definition) is 7. The number of halogens is 3. The maximum Gasteiger partial charge on any atom is 0.451 e. The molecule has 0 aliphatic carbocycles. The number of rotatable bonds is 7. The molecule has 0 spiro atoms. The molecular weight excluding hydrogens is 469 g/mol. The molecule has 1 aliphatic heterocycles. The highest BCUT2D eigenvalue weighted by Crippen LogP contribution is 2.32. The van der Waals surface area contributed by atoms with Crippen molar-refractivity contribution in [2.45, 2.75) is 33.0 Å². The maximum atomic E-state index is 13.0. The van der Waals surface area contributed by atoms with E-state index in [1.807, 2.05) is 13.0 Å². The first-order valence-electron chi connectivity index (χ1n) is 10.5. The largest absolute Gasteiger partial charge is 0.493 e. The molecule has 34 heavy (non-hydrogen) atoms. The average molecular weight is 493 g/mol. The zero-order chi connectivity index (χ0) is 24.5. The van der Waals surface area contributed by atoms with E-state index in [9.17, 15) is 18.0 Å². The third kappa shape index (κ3) is 5.53. The van der Waals surface area contributed by atoms with Crippen molar-refractivity contribution in [1.82, 2.24) is 20.3 Å². The summed E-state index contributed by atoms with van der Waals surface area (Å²) in [6, 6.07) is 4.57. The smallest absolute Gasteiger partial charge is 0.451 e. The van der Waals surface area contributed by atoms with Crippen molar-refractivity contribution in [1.29, 1.82) is 0 Å². The fourth-order valence-corrected chi connectivity index (χ4v) is 4.04. The lowest BCUT2D eigenvalue weighted by Gasteiger charge is -2.37. The van der Waals surface area contributed by atoms with Gasteiger partial charge in [-0.3, -0.25) is 4.79 Å². The van der Waals surface area contributed by atoms with Crippen molar-refractivity contribution >= 4 is 17.2 Å². The second-order valence-corrected chi connectivity index (χ2v) is 9.88. The van der Waals surface area contributed by atoms with Crippen molar-refractivity contribution in [2.75, 3.05) is 19.8 Å². The number of carbonyl (C=O) groups is 1. The van der Waals surface area contributed by atoms with E-state index < -0.39 is 23.9 Å². The number of alkyl halides is 3. The Balaban J connectivity index is 1.54. The fraction of sp³-hybridized carbons (Fsp3) is 0.391. The first kappa shape index (κ1) is 24.1. The van der Waals surface area contributed by atoms with Crippen molar-refractivity contribution < 1.29 is 27.4 Å². The molecule has 0 unspecified atom stereocenters. The van der Waals surface area contributed by atoms with Gasteiger partial charge < -0.3 is 14.8 Å². The Morgan fingerprint density at radius 2 is 1.91 bits per heavy atom. The van der Waals surface area contributed by atoms with E-state index >= 15 is 0 Å². The van der Waals surface area contributed by atoms with Crippen LogP contribution in [0.5, 0.6) is 5.75 Å². The van der Waals surface area contributed by atoms with Gasteiger partial charge in [0.25, 0.3) is 5.91 Å². The molecule has 1 amide bonds. The van der Waals surface area contributed by atoms with Crippen LogP contribution in [0.3, 0.4) is 0 Å². The summed E-state index contributed by atoms with van der Waals surface area (Å²) in [5, 5.41) is 3.53. The van der Waals surface area contributed by atoms with Gasteiger partial charge in [-0.15, -0.1) is 11.3 Å². The summed E-state index contributed by atoms with van der Waals surface area (Å²) in [5.74, 6) is -1.12. The lowest BCUT2D eigenvalue weighted by molar-refractivity contribution is -0.145. The summed E-state index contributed by atoms with van der Waals surface area (Å²) >= 11 is 1.50. The number of amides is 1. The number of hydrogen-bond donors (Lipinski definition) is 1. The van der Waals surface area contributed by atoms with Gasteiger partial charge in [-0.05, 0) is 32.0 Å². The van der Waals surface area contributed by atoms with E-state index in [2.05, 4.69) is 27.2 Å². The van der Waals surface area contributed by atoms with Crippen LogP contribution in [0.1, 0.15) is 46.5 Å². The maximum absolute atomic E-state index is 13.0. The molecule has 7 nitrogen and oxygen atoms in total. The van der Waals surface area contributed by atoms with E-state index in [1.54, 1.807) is 25.3 Å². The van der Waals surface area contributed by atoms with E-state index in [4.69, 9.17) is 9.47 Å². The highest BCUT2D eigenvalue weighted by Gasteiger charge is 2.35. The summed E-state index contributed by atoms with van der Waals surface area (Å²) < 4.78 is 49.4. The molecule has 0 radical (unpaired) electrons. The van der Waals surface area contributed by atoms with Gasteiger partial charge in [0.2, 0.25) is 5.82 Å². The molecule has 1 atom stereocenters. The molecule has 1 aromatic carbocycles. The third-order valence-electron chi connectivity index (χ3n) is 5.30. The highest BCUT2D eigenvalue weighted by molar-refractivity contribution is 7.14. The summed E-state index contributed by atoms with van der Waals surface area (Å²) in [5.41, 5.74) is 1.35. The summed E-state index contributed by atoms with van der Waals surface area (Å²) in [7, 11) is 0. The second kappa shape index (κ2) is 9.30. The number of ether oxygens (including phenoxy) is 2. The molecule has 0 saturated carbocycles. The van der Waals surface area contributed by atoms with Crippen LogP contribution in [-0.4, -0.2) is 40.7 Å². The van der Waals surface area contributed by atoms with Gasteiger partial charge in [0.1, 0.15) is 10.8 Å². The molecular formula is C23H23F3N4O3S. The van der Waals surface area contributed by atoms with Gasteiger partial charge >= 0.3 is 6.18 Å². The molecule has 0 bridgehead atoms. The first-order valence-corrected chi connectivity index (χ1v) is 11.3. The van der Waals surface area contributed by atoms with Gasteiger partial charge in [-0.25, -0.2) is 15.0 Å². The van der Waals surface area contributed by atoms with Crippen LogP contribution >= 0.6 is 11.3 Å². The minimum Gasteiger partial charge on any atom is -0.493 e. The predicted octanol–water partition coefficient (Wildman–Crippen LogP) is 4.83. The SMILES string of the molecule is Cc1cnc(-c2cc(OCC3(C)COC3)cc(C(=O)N[C@H](C)c3cnc(C(F)(F)F)nc3)c2)s1. The van der Waals surface area contributed by atoms with Crippen LogP contribution < -0.4 is 10.1 Å². The number of nitrogens with one attached hydrogen (secondary N) is 1. The number of benzene rings is 1. The van der Waals surface area contributed by atoms with Crippen molar-refractivity contribution in [2.24, 2.45) is 5.41 Å². The Kier molecular flexibility index (Phi) is 6.59. The number of thiazole rings is 1. The Bertz CT molecular complexity index is 1180. The average Bonchev–Trinajstić information content (AvgIpc) is 3.22. The predicted molar refractivity (Wildman–Crippen MR) is 120 cm³/mol. The van der Waals surface area contributed by atoms with Gasteiger partial charge in [0.05, 0.1) is 25.9 Å². The molecule has 3 aromatic rings. The lowest BCUT2D eigenvalue weighted by atomic mass is 9.90. The Hall–Kier alpha value is -3.05. The molecule has 1 aliphatic rings. The third-order valence-corrected chi connectivity index (χ3v) is 6.26. The van der Waals surface area contributed by atoms with Gasteiger partial charge in [-0.1, -0.05) is 6.92 Å². The quantitative estimate of drug-likeness (QED) is 0.508. The standard InChI is InChI=1S/C23H23F3N4O3S/c1-13-7-27-20(34-13)16-4-15(5-18(6-16)33-12-22(3)10-32-11-22)19(31)30-14(2)17-8-28-21(29-9-17)23(24,25)26/h4-9,14H,10-12H2,1-3H3,(H,30,31)/t14-/m1/s1. The fourth-order valence-electron chi connectivity index (χ4n) is 3.29. The van der Waals surface area contributed by atoms with Crippen molar-refractivity contribution in [3.63, 3.8) is 0 Å². The molecule has 180 valence electrons. The van der Waals surface area contributed by atoms with Crippen LogP contribution in [-0.2, 0) is 10.9 Å². The summed E-state index contributed by atoms with van der Waals surface area (Å²) in [6.45, 7) is 7.31. The minimum atomic E-state index is -4.63. The van der Waals surface area contributed by atoms with Crippen LogP contribution in [0.4, 0.5) is 13.2 Å². The molecule has 3 heterocycles. The van der Waals surface area contributed by atoms with E-state index in [1.165, 1.54) is 11.3 Å². The van der Waals surface area contributed by atoms with Gasteiger partial charge in [0, 0.05) is 45.6 Å². The Morgan fingerprint density at radius 3 is 2.47 bits per heavy atom. The second-order valence-electron chi connectivity index (χ2n) is 8.65. The highest BCUT2D eigenvalue weighted by atomic mass is 32.1. The molecule has 1 N–H and O–H groups in total. The van der Waals surface area contributed by atoms with Crippen LogP contribution in [0.25, 0.3) is 10.6 Å². The van der Waals surface area contributed by atoms with Crippen LogP contribution in [0.15, 0.2) is 36.8 Å². The van der Waals surface area contributed by atoms with Gasteiger partial charge in [0.15, 0.2) is 0 Å². The van der Waals surface area contributed by atoms with Gasteiger partial charge in [-0.2, -0.15) is 13.2 Å². The van der Waals surface area contributed by atoms with E-state index in [-0.39, 0.29) is 5.41 Å². The molecule has 4 rings (SSSR count). The molecule has 1 saturated heterocycles. The number of aryl methyl sites for hydroxylation is 1. The number of carbonyl (C=O) groups excluding carboxylic acids is 1. The zero-order valence-electron chi connectivity index (χ0n) is 18.8.